The van der Waals surface area contributed by atoms with Gasteiger partial charge in [0.25, 0.3) is 0 Å². The zero-order valence-corrected chi connectivity index (χ0v) is 13.5. The number of sulfonamides is 1. The van der Waals surface area contributed by atoms with Crippen LogP contribution in [0.2, 0.25) is 0 Å². The first kappa shape index (κ1) is 16.7. The van der Waals surface area contributed by atoms with E-state index in [1.807, 2.05) is 12.1 Å². The Morgan fingerprint density at radius 3 is 2.64 bits per heavy atom. The first-order chi connectivity index (χ1) is 10.5. The molecule has 0 bridgehead atoms. The van der Waals surface area contributed by atoms with Crippen molar-refractivity contribution in [2.75, 3.05) is 7.05 Å². The number of rotatable bonds is 7. The van der Waals surface area contributed by atoms with Gasteiger partial charge in [-0.25, -0.2) is 13.1 Å². The number of hydrogen-bond donors (Lipinski definition) is 2. The Balaban J connectivity index is 1.94. The maximum atomic E-state index is 11.9. The molecule has 120 valence electrons. The molecule has 1 aromatic rings. The third-order valence-corrected chi connectivity index (χ3v) is 5.12. The fraction of sp³-hybridized carbons (Fsp3) is 0.438. The lowest BCUT2D eigenvalue weighted by molar-refractivity contribution is -0.121. The van der Waals surface area contributed by atoms with Crippen LogP contribution in [0.5, 0.6) is 0 Å². The molecular weight excluding hydrogens is 300 g/mol. The third-order valence-electron chi connectivity index (χ3n) is 3.81. The molecule has 0 fully saturated rings. The monoisotopic (exact) mass is 322 g/mol. The summed E-state index contributed by atoms with van der Waals surface area (Å²) >= 11 is 0. The van der Waals surface area contributed by atoms with Crippen LogP contribution >= 0.6 is 0 Å². The van der Waals surface area contributed by atoms with Crippen LogP contribution in [0.25, 0.3) is 0 Å². The van der Waals surface area contributed by atoms with Crippen LogP contribution < -0.4 is 10.0 Å². The summed E-state index contributed by atoms with van der Waals surface area (Å²) in [4.78, 5) is 11.9. The van der Waals surface area contributed by atoms with E-state index in [0.29, 0.717) is 24.4 Å². The Morgan fingerprint density at radius 2 is 2.00 bits per heavy atom. The van der Waals surface area contributed by atoms with Crippen molar-refractivity contribution in [3.63, 3.8) is 0 Å². The predicted octanol–water partition coefficient (Wildman–Crippen LogP) is 1.71. The summed E-state index contributed by atoms with van der Waals surface area (Å²) in [5.74, 6) is 0.253. The molecule has 2 rings (SSSR count). The van der Waals surface area contributed by atoms with Crippen LogP contribution in [-0.2, 0) is 27.1 Å². The number of benzene rings is 1. The highest BCUT2D eigenvalue weighted by atomic mass is 32.2. The molecule has 0 saturated heterocycles. The minimum absolute atomic E-state index is 0.00262. The van der Waals surface area contributed by atoms with E-state index in [9.17, 15) is 13.2 Å². The molecule has 1 amide bonds. The molecule has 2 N–H and O–H groups in total. The number of allylic oxidation sites excluding steroid dienone is 2. The number of nitrogens with one attached hydrogen (secondary N) is 2. The fourth-order valence-corrected chi connectivity index (χ4v) is 3.35. The molecule has 0 aromatic heterocycles. The maximum Gasteiger partial charge on any atom is 0.220 e. The van der Waals surface area contributed by atoms with Gasteiger partial charge in [-0.15, -0.1) is 0 Å². The Morgan fingerprint density at radius 1 is 1.27 bits per heavy atom. The normalized spacial score (nSPS) is 17.6. The Hall–Kier alpha value is -1.66. The van der Waals surface area contributed by atoms with Crippen LogP contribution in [0.1, 0.15) is 30.4 Å². The minimum Gasteiger partial charge on any atom is -0.352 e. The molecule has 1 aromatic carbocycles. The lowest BCUT2D eigenvalue weighted by Gasteiger charge is -2.12. The lowest BCUT2D eigenvalue weighted by Crippen LogP contribution is -2.26. The van der Waals surface area contributed by atoms with Crippen molar-refractivity contribution in [3.05, 3.63) is 47.5 Å². The summed E-state index contributed by atoms with van der Waals surface area (Å²) in [6, 6.07) is 7.26. The first-order valence-electron chi connectivity index (χ1n) is 7.41. The second-order valence-corrected chi connectivity index (χ2v) is 7.40. The van der Waals surface area contributed by atoms with Crippen molar-refractivity contribution < 1.29 is 13.2 Å². The highest BCUT2D eigenvalue weighted by Crippen LogP contribution is 2.20. The van der Waals surface area contributed by atoms with Crippen LogP contribution in [0, 0.1) is 5.92 Å². The quantitative estimate of drug-likeness (QED) is 0.750. The Bertz CT molecular complexity index is 653. The molecule has 1 aliphatic carbocycles. The van der Waals surface area contributed by atoms with Crippen molar-refractivity contribution in [2.24, 2.45) is 5.92 Å². The largest absolute Gasteiger partial charge is 0.352 e. The number of carbonyl (C=O) groups excluding carboxylic acids is 1. The van der Waals surface area contributed by atoms with Crippen molar-refractivity contribution in [2.45, 2.75) is 31.6 Å². The molecule has 1 aliphatic rings. The summed E-state index contributed by atoms with van der Waals surface area (Å²) < 4.78 is 25.7. The highest BCUT2D eigenvalue weighted by molar-refractivity contribution is 7.88. The van der Waals surface area contributed by atoms with E-state index in [4.69, 9.17) is 0 Å². The molecule has 0 heterocycles. The Kier molecular flexibility index (Phi) is 5.74. The van der Waals surface area contributed by atoms with Gasteiger partial charge in [-0.05, 0) is 36.9 Å². The first-order valence-corrected chi connectivity index (χ1v) is 9.07. The summed E-state index contributed by atoms with van der Waals surface area (Å²) in [5.41, 5.74) is 1.54. The zero-order chi connectivity index (χ0) is 16.0. The van der Waals surface area contributed by atoms with Crippen molar-refractivity contribution >= 4 is 15.9 Å². The summed E-state index contributed by atoms with van der Waals surface area (Å²) in [7, 11) is -1.93. The van der Waals surface area contributed by atoms with E-state index >= 15 is 0 Å². The number of carbonyl (C=O) groups is 1. The zero-order valence-electron chi connectivity index (χ0n) is 12.7. The van der Waals surface area contributed by atoms with E-state index in [-0.39, 0.29) is 11.7 Å². The van der Waals surface area contributed by atoms with Gasteiger partial charge in [0.2, 0.25) is 15.9 Å². The molecule has 0 aliphatic heterocycles. The lowest BCUT2D eigenvalue weighted by atomic mass is 10.0. The molecule has 1 unspecified atom stereocenters. The standard InChI is InChI=1S/C16H22N2O3S/c1-17-22(20,21)12-15-9-5-4-8-14(15)11-18-16(19)10-13-6-2-3-7-13/h2,4-6,8-9,13,17H,3,7,10-12H2,1H3,(H,18,19). The summed E-state index contributed by atoms with van der Waals surface area (Å²) in [6.45, 7) is 0.352. The van der Waals surface area contributed by atoms with Gasteiger partial charge in [0.1, 0.15) is 0 Å². The molecule has 5 nitrogen and oxygen atoms in total. The topological polar surface area (TPSA) is 75.3 Å². The van der Waals surface area contributed by atoms with E-state index in [1.165, 1.54) is 7.05 Å². The molecular formula is C16H22N2O3S. The van der Waals surface area contributed by atoms with Crippen molar-refractivity contribution in [3.8, 4) is 0 Å². The summed E-state index contributed by atoms with van der Waals surface area (Å²) in [5, 5.41) is 2.88. The molecule has 1 atom stereocenters. The van der Waals surface area contributed by atoms with Gasteiger partial charge in [0.15, 0.2) is 0 Å². The second-order valence-electron chi connectivity index (χ2n) is 5.48. The average molecular weight is 322 g/mol. The van der Waals surface area contributed by atoms with E-state index in [1.54, 1.807) is 12.1 Å². The fourth-order valence-electron chi connectivity index (χ4n) is 2.52. The van der Waals surface area contributed by atoms with Crippen LogP contribution in [0.15, 0.2) is 36.4 Å². The van der Waals surface area contributed by atoms with Gasteiger partial charge in [0.05, 0.1) is 5.75 Å². The average Bonchev–Trinajstić information content (AvgIpc) is 2.99. The van der Waals surface area contributed by atoms with Crippen LogP contribution in [0.3, 0.4) is 0 Å². The molecule has 22 heavy (non-hydrogen) atoms. The smallest absolute Gasteiger partial charge is 0.220 e. The van der Waals surface area contributed by atoms with Crippen molar-refractivity contribution in [1.29, 1.82) is 0 Å². The highest BCUT2D eigenvalue weighted by Gasteiger charge is 2.15. The molecule has 0 saturated carbocycles. The second kappa shape index (κ2) is 7.56. The predicted molar refractivity (Wildman–Crippen MR) is 86.5 cm³/mol. The number of hydrogen-bond acceptors (Lipinski definition) is 3. The van der Waals surface area contributed by atoms with Gasteiger partial charge < -0.3 is 5.32 Å². The van der Waals surface area contributed by atoms with Crippen molar-refractivity contribution in [1.82, 2.24) is 10.0 Å². The van der Waals surface area contributed by atoms with Crippen LogP contribution in [0.4, 0.5) is 0 Å². The van der Waals surface area contributed by atoms with Crippen LogP contribution in [-0.4, -0.2) is 21.4 Å². The van der Waals surface area contributed by atoms with E-state index in [2.05, 4.69) is 22.2 Å². The maximum absolute atomic E-state index is 11.9. The van der Waals surface area contributed by atoms with E-state index in [0.717, 1.165) is 18.4 Å². The van der Waals surface area contributed by atoms with Gasteiger partial charge in [-0.1, -0.05) is 36.4 Å². The molecule has 0 radical (unpaired) electrons. The molecule has 6 heteroatoms. The van der Waals surface area contributed by atoms with Gasteiger partial charge in [-0.2, -0.15) is 0 Å². The van der Waals surface area contributed by atoms with Gasteiger partial charge in [-0.3, -0.25) is 4.79 Å². The SMILES string of the molecule is CNS(=O)(=O)Cc1ccccc1CNC(=O)CC1C=CCC1. The Labute approximate surface area is 131 Å². The minimum atomic E-state index is -3.32. The summed E-state index contributed by atoms with van der Waals surface area (Å²) in [6.07, 6.45) is 6.77. The number of amides is 1. The van der Waals surface area contributed by atoms with E-state index < -0.39 is 10.0 Å². The third kappa shape index (κ3) is 4.96. The van der Waals surface area contributed by atoms with Gasteiger partial charge >= 0.3 is 0 Å². The van der Waals surface area contributed by atoms with Gasteiger partial charge in [0, 0.05) is 13.0 Å². The molecule has 0 spiro atoms.